The number of piperidine rings is 1. The van der Waals surface area contributed by atoms with Crippen LogP contribution < -0.4 is 16.1 Å². The smallest absolute Gasteiger partial charge is 0.272 e. The minimum absolute atomic E-state index is 0.0941. The normalized spacial score (nSPS) is 17.4. The van der Waals surface area contributed by atoms with Gasteiger partial charge in [0.25, 0.3) is 5.91 Å². The lowest BCUT2D eigenvalue weighted by Crippen LogP contribution is -2.23. The Morgan fingerprint density at radius 1 is 1.14 bits per heavy atom. The average Bonchev–Trinajstić information content (AvgIpc) is 3.03. The van der Waals surface area contributed by atoms with Crippen LogP contribution in [0, 0.1) is 0 Å². The molecule has 2 aromatic carbocycles. The lowest BCUT2D eigenvalue weighted by atomic mass is 10.0. The maximum atomic E-state index is 12.6. The number of aliphatic hydroxyl groups excluding tert-OH is 1. The number of nitrogens with zero attached hydrogens (tertiary/aromatic N) is 1. The molecule has 1 amide bonds. The number of benzene rings is 2. The molecule has 0 saturated carbocycles. The van der Waals surface area contributed by atoms with Crippen LogP contribution in [0.5, 0.6) is 0 Å². The van der Waals surface area contributed by atoms with Gasteiger partial charge in [-0.05, 0) is 37.0 Å². The number of hydrogen-bond donors (Lipinski definition) is 5. The van der Waals surface area contributed by atoms with E-state index in [1.54, 1.807) is 12.3 Å². The summed E-state index contributed by atoms with van der Waals surface area (Å²) in [5, 5.41) is 21.7. The van der Waals surface area contributed by atoms with Crippen molar-refractivity contribution in [1.82, 2.24) is 15.7 Å². The van der Waals surface area contributed by atoms with Crippen LogP contribution in [0.25, 0.3) is 22.2 Å². The predicted octanol–water partition coefficient (Wildman–Crippen LogP) is 3.82. The monoisotopic (exact) mass is 387 g/mol. The molecule has 0 radical (unpaired) electrons. The number of allylic oxidation sites excluding steroid dienone is 1. The molecule has 0 aliphatic carbocycles. The van der Waals surface area contributed by atoms with E-state index >= 15 is 0 Å². The molecule has 7 heteroatoms. The second-order valence-corrected chi connectivity index (χ2v) is 7.26. The summed E-state index contributed by atoms with van der Waals surface area (Å²) in [5.41, 5.74) is 8.07. The molecule has 1 fully saturated rings. The third-order valence-electron chi connectivity index (χ3n) is 5.34. The first-order valence-corrected chi connectivity index (χ1v) is 9.72. The van der Waals surface area contributed by atoms with Crippen molar-refractivity contribution in [2.45, 2.75) is 19.3 Å². The molecule has 2 aliphatic rings. The molecule has 3 aromatic rings. The van der Waals surface area contributed by atoms with Crippen molar-refractivity contribution in [1.29, 1.82) is 0 Å². The summed E-state index contributed by atoms with van der Waals surface area (Å²) in [6.45, 7) is 0.853. The third kappa shape index (κ3) is 3.10. The van der Waals surface area contributed by atoms with Gasteiger partial charge in [-0.1, -0.05) is 30.3 Å². The van der Waals surface area contributed by atoms with E-state index in [2.05, 4.69) is 26.1 Å². The van der Waals surface area contributed by atoms with Crippen LogP contribution in [0.4, 0.5) is 5.69 Å². The van der Waals surface area contributed by atoms with Crippen molar-refractivity contribution in [3.8, 4) is 11.3 Å². The van der Waals surface area contributed by atoms with Crippen molar-refractivity contribution >= 4 is 28.7 Å². The number of aromatic amines is 1. The van der Waals surface area contributed by atoms with Crippen LogP contribution in [0.2, 0.25) is 0 Å². The first-order chi connectivity index (χ1) is 14.2. The molecule has 5 rings (SSSR count). The first-order valence-electron chi connectivity index (χ1n) is 9.72. The number of amides is 1. The van der Waals surface area contributed by atoms with Gasteiger partial charge in [0, 0.05) is 28.7 Å². The second-order valence-electron chi connectivity index (χ2n) is 7.26. The maximum absolute atomic E-state index is 12.6. The molecule has 2 aliphatic heterocycles. The fraction of sp³-hybridized carbons (Fsp3) is 0.182. The largest absolute Gasteiger partial charge is 0.493 e. The summed E-state index contributed by atoms with van der Waals surface area (Å²) in [7, 11) is 0. The Morgan fingerprint density at radius 2 is 2.00 bits per heavy atom. The van der Waals surface area contributed by atoms with Crippen molar-refractivity contribution in [3.63, 3.8) is 0 Å². The molecule has 7 nitrogen and oxygen atoms in total. The van der Waals surface area contributed by atoms with Crippen LogP contribution in [-0.2, 0) is 0 Å². The molecule has 0 unspecified atom stereocenters. The van der Waals surface area contributed by atoms with E-state index in [0.717, 1.165) is 59.2 Å². The molecular weight excluding hydrogens is 366 g/mol. The second kappa shape index (κ2) is 7.01. The molecule has 0 atom stereocenters. The van der Waals surface area contributed by atoms with Gasteiger partial charge in [0.1, 0.15) is 0 Å². The summed E-state index contributed by atoms with van der Waals surface area (Å²) in [6, 6.07) is 13.6. The Labute approximate surface area is 167 Å². The highest BCUT2D eigenvalue weighted by atomic mass is 16.3. The van der Waals surface area contributed by atoms with Crippen LogP contribution in [0.1, 0.15) is 35.2 Å². The number of aliphatic hydroxyl groups is 1. The number of anilines is 1. The number of hydrazone groups is 1. The minimum Gasteiger partial charge on any atom is -0.493 e. The summed E-state index contributed by atoms with van der Waals surface area (Å²) in [5.74, 6) is -0.188. The van der Waals surface area contributed by atoms with E-state index in [-0.39, 0.29) is 11.8 Å². The van der Waals surface area contributed by atoms with Crippen LogP contribution >= 0.6 is 0 Å². The van der Waals surface area contributed by atoms with E-state index in [9.17, 15) is 9.90 Å². The maximum Gasteiger partial charge on any atom is 0.272 e. The molecular formula is C22H21N5O2. The Balaban J connectivity index is 1.64. The van der Waals surface area contributed by atoms with E-state index in [1.165, 1.54) is 0 Å². The van der Waals surface area contributed by atoms with Crippen molar-refractivity contribution < 1.29 is 9.90 Å². The highest BCUT2D eigenvalue weighted by Gasteiger charge is 2.22. The van der Waals surface area contributed by atoms with Crippen LogP contribution in [-0.4, -0.2) is 28.8 Å². The molecule has 0 spiro atoms. The number of hydrogen-bond acceptors (Lipinski definition) is 5. The number of carbonyl (C=O) groups is 1. The highest BCUT2D eigenvalue weighted by molar-refractivity contribution is 6.17. The Bertz CT molecular complexity index is 1150. The van der Waals surface area contributed by atoms with Crippen LogP contribution in [0.3, 0.4) is 0 Å². The Morgan fingerprint density at radius 3 is 2.79 bits per heavy atom. The standard InChI is InChI=1S/C22H21N5O2/c28-21-15-10-14(25-22(29)17-8-4-5-9-23-17)11-18-19(15)16(12-24-27-21)20(26-18)13-6-2-1-3-7-13/h1-3,6-7,10-12,23,25-26,29H,4-5,8-9H2,(H,27,28)/b22-17+. The fourth-order valence-corrected chi connectivity index (χ4v) is 3.96. The predicted molar refractivity (Wildman–Crippen MR) is 114 cm³/mol. The van der Waals surface area contributed by atoms with E-state index < -0.39 is 0 Å². The number of aromatic nitrogens is 1. The van der Waals surface area contributed by atoms with Gasteiger partial charge in [-0.25, -0.2) is 5.43 Å². The summed E-state index contributed by atoms with van der Waals surface area (Å²) >= 11 is 0. The zero-order valence-corrected chi connectivity index (χ0v) is 15.7. The topological polar surface area (TPSA) is 102 Å². The quantitative estimate of drug-likeness (QED) is 0.441. The molecule has 0 bridgehead atoms. The van der Waals surface area contributed by atoms with Gasteiger partial charge in [-0.15, -0.1) is 0 Å². The SMILES string of the molecule is O=C1NN=Cc2c(-c3ccccc3)[nH]c3cc(N/C(O)=C4/CCCCN4)cc1c23. The van der Waals surface area contributed by atoms with E-state index in [4.69, 9.17) is 0 Å². The molecule has 1 aromatic heterocycles. The highest BCUT2D eigenvalue weighted by Crippen LogP contribution is 2.34. The fourth-order valence-electron chi connectivity index (χ4n) is 3.96. The summed E-state index contributed by atoms with van der Waals surface area (Å²) in [4.78, 5) is 16.1. The molecule has 1 saturated heterocycles. The first kappa shape index (κ1) is 17.4. The lowest BCUT2D eigenvalue weighted by molar-refractivity contribution is 0.0957. The molecule has 146 valence electrons. The summed E-state index contributed by atoms with van der Waals surface area (Å²) in [6.07, 6.45) is 4.61. The van der Waals surface area contributed by atoms with E-state index in [1.807, 2.05) is 36.4 Å². The van der Waals surface area contributed by atoms with Gasteiger partial charge in [0.05, 0.1) is 23.2 Å². The Hall–Kier alpha value is -3.74. The van der Waals surface area contributed by atoms with E-state index in [0.29, 0.717) is 11.3 Å². The minimum atomic E-state index is -0.282. The molecule has 5 N–H and O–H groups in total. The Kier molecular flexibility index (Phi) is 4.20. The number of carbonyl (C=O) groups excluding carboxylic acids is 1. The van der Waals surface area contributed by atoms with Crippen molar-refractivity contribution in [2.24, 2.45) is 5.10 Å². The van der Waals surface area contributed by atoms with Gasteiger partial charge in [0.15, 0.2) is 0 Å². The zero-order chi connectivity index (χ0) is 19.8. The molecule has 3 heterocycles. The molecule has 29 heavy (non-hydrogen) atoms. The van der Waals surface area contributed by atoms with Gasteiger partial charge in [-0.3, -0.25) is 4.79 Å². The van der Waals surface area contributed by atoms with Crippen molar-refractivity contribution in [3.05, 3.63) is 65.2 Å². The van der Waals surface area contributed by atoms with Gasteiger partial charge < -0.3 is 20.7 Å². The average molecular weight is 387 g/mol. The third-order valence-corrected chi connectivity index (χ3v) is 5.34. The van der Waals surface area contributed by atoms with Crippen molar-refractivity contribution in [2.75, 3.05) is 11.9 Å². The number of rotatable bonds is 3. The van der Waals surface area contributed by atoms with Crippen LogP contribution in [0.15, 0.2) is 59.1 Å². The number of H-pyrrole nitrogens is 1. The lowest BCUT2D eigenvalue weighted by Gasteiger charge is -2.19. The van der Waals surface area contributed by atoms with Gasteiger partial charge >= 0.3 is 0 Å². The van der Waals surface area contributed by atoms with Gasteiger partial charge in [0.2, 0.25) is 5.88 Å². The summed E-state index contributed by atoms with van der Waals surface area (Å²) < 4.78 is 0. The zero-order valence-electron chi connectivity index (χ0n) is 15.7. The van der Waals surface area contributed by atoms with Gasteiger partial charge in [-0.2, -0.15) is 5.10 Å². The number of nitrogens with one attached hydrogen (secondary N) is 4.